The second-order valence-electron chi connectivity index (χ2n) is 11.6. The molecular weight excluding hydrogens is 557 g/mol. The van der Waals surface area contributed by atoms with Crippen LogP contribution in [-0.2, 0) is 28.0 Å². The molecule has 3 aromatic heterocycles. The van der Waals surface area contributed by atoms with Gasteiger partial charge in [-0.1, -0.05) is 25.7 Å². The maximum Gasteiger partial charge on any atom is 0.219 e. The molecule has 5 rings (SSSR count). The van der Waals surface area contributed by atoms with Crippen molar-refractivity contribution in [2.75, 3.05) is 39.0 Å². The lowest BCUT2D eigenvalue weighted by Gasteiger charge is -2.32. The number of aromatic nitrogens is 4. The highest BCUT2D eigenvalue weighted by molar-refractivity contribution is 7.88. The van der Waals surface area contributed by atoms with E-state index < -0.39 is 18.1 Å². The lowest BCUT2D eigenvalue weighted by Crippen LogP contribution is -2.47. The van der Waals surface area contributed by atoms with Gasteiger partial charge in [0, 0.05) is 76.8 Å². The SMILES string of the molecule is C[Si](C)(C)CCOCn1nccc1-c1ccc(Oc2ccc3nc(CN4CCN(S(C)(=O)=O)CC4)ccc3c2)nc1. The van der Waals surface area contributed by atoms with Gasteiger partial charge < -0.3 is 9.47 Å². The van der Waals surface area contributed by atoms with Crippen LogP contribution in [0.1, 0.15) is 5.69 Å². The Bertz CT molecular complexity index is 1580. The molecule has 12 heteroatoms. The molecule has 1 aliphatic heterocycles. The maximum absolute atomic E-state index is 11.8. The highest BCUT2D eigenvalue weighted by atomic mass is 32.2. The quantitative estimate of drug-likeness (QED) is 0.182. The van der Waals surface area contributed by atoms with Crippen LogP contribution in [0, 0.1) is 0 Å². The minimum absolute atomic E-state index is 0.414. The smallest absolute Gasteiger partial charge is 0.219 e. The van der Waals surface area contributed by atoms with Crippen LogP contribution in [0.3, 0.4) is 0 Å². The van der Waals surface area contributed by atoms with E-state index in [2.05, 4.69) is 34.6 Å². The van der Waals surface area contributed by atoms with Crippen molar-refractivity contribution >= 4 is 29.0 Å². The molecule has 0 N–H and O–H groups in total. The Morgan fingerprint density at radius 3 is 2.49 bits per heavy atom. The van der Waals surface area contributed by atoms with Gasteiger partial charge in [-0.05, 0) is 42.4 Å². The number of ether oxygens (including phenoxy) is 2. The zero-order valence-corrected chi connectivity index (χ0v) is 26.0. The van der Waals surface area contributed by atoms with Crippen LogP contribution in [0.2, 0.25) is 25.7 Å². The number of pyridine rings is 2. The Balaban J connectivity index is 1.18. The lowest BCUT2D eigenvalue weighted by molar-refractivity contribution is 0.0798. The van der Waals surface area contributed by atoms with Gasteiger partial charge in [0.2, 0.25) is 15.9 Å². The summed E-state index contributed by atoms with van der Waals surface area (Å²) in [6, 6.07) is 16.8. The van der Waals surface area contributed by atoms with E-state index in [4.69, 9.17) is 14.5 Å². The molecule has 0 saturated carbocycles. The Labute approximate surface area is 243 Å². The van der Waals surface area contributed by atoms with E-state index in [1.807, 2.05) is 53.2 Å². The molecule has 0 amide bonds. The van der Waals surface area contributed by atoms with Gasteiger partial charge in [0.05, 0.1) is 23.2 Å². The zero-order chi connectivity index (χ0) is 29.0. The van der Waals surface area contributed by atoms with Gasteiger partial charge in [0.15, 0.2) is 0 Å². The molecule has 0 radical (unpaired) electrons. The first-order valence-electron chi connectivity index (χ1n) is 13.8. The van der Waals surface area contributed by atoms with E-state index >= 15 is 0 Å². The van der Waals surface area contributed by atoms with Gasteiger partial charge >= 0.3 is 0 Å². The van der Waals surface area contributed by atoms with Crippen LogP contribution in [0.5, 0.6) is 11.6 Å². The van der Waals surface area contributed by atoms with Crippen molar-refractivity contribution in [2.45, 2.75) is 39.0 Å². The van der Waals surface area contributed by atoms with Crippen molar-refractivity contribution in [1.29, 1.82) is 0 Å². The third kappa shape index (κ3) is 7.98. The van der Waals surface area contributed by atoms with E-state index in [0.29, 0.717) is 51.1 Å². The van der Waals surface area contributed by atoms with Gasteiger partial charge in [0.25, 0.3) is 0 Å². The third-order valence-corrected chi connectivity index (χ3v) is 10.1. The summed E-state index contributed by atoms with van der Waals surface area (Å²) in [5.41, 5.74) is 3.73. The van der Waals surface area contributed by atoms with E-state index in [1.54, 1.807) is 12.4 Å². The van der Waals surface area contributed by atoms with Crippen molar-refractivity contribution in [3.63, 3.8) is 0 Å². The lowest BCUT2D eigenvalue weighted by atomic mass is 10.2. The van der Waals surface area contributed by atoms with E-state index in [0.717, 1.165) is 40.5 Å². The van der Waals surface area contributed by atoms with Crippen molar-refractivity contribution < 1.29 is 17.9 Å². The van der Waals surface area contributed by atoms with Crippen LogP contribution < -0.4 is 4.74 Å². The topological polar surface area (TPSA) is 103 Å². The number of fused-ring (bicyclic) bond motifs is 1. The standard InChI is InChI=1S/C29H38N6O4SSi/c1-40(36,37)34-15-13-33(14-16-34)21-25-7-5-23-19-26(8-9-27(23)32-25)39-29-10-6-24(20-30-29)28-11-12-31-35(28)22-38-17-18-41(2,3)4/h5-12,19-20H,13-18,21-22H2,1-4H3. The predicted octanol–water partition coefficient (Wildman–Crippen LogP) is 4.68. The van der Waals surface area contributed by atoms with E-state index in [1.165, 1.54) is 10.6 Å². The number of sulfonamides is 1. The fraction of sp³-hybridized carbons (Fsp3) is 0.414. The summed E-state index contributed by atoms with van der Waals surface area (Å²) < 4.78 is 38.8. The van der Waals surface area contributed by atoms with E-state index in [9.17, 15) is 8.42 Å². The number of rotatable bonds is 11. The summed E-state index contributed by atoms with van der Waals surface area (Å²) >= 11 is 0. The molecule has 0 bridgehead atoms. The first-order valence-corrected chi connectivity index (χ1v) is 19.4. The molecule has 0 unspecified atom stereocenters. The van der Waals surface area contributed by atoms with Crippen molar-refractivity contribution in [2.24, 2.45) is 0 Å². The molecule has 41 heavy (non-hydrogen) atoms. The number of hydrogen-bond acceptors (Lipinski definition) is 8. The fourth-order valence-corrected chi connectivity index (χ4v) is 6.25. The Kier molecular flexibility index (Phi) is 8.85. The average molecular weight is 595 g/mol. The Morgan fingerprint density at radius 1 is 0.976 bits per heavy atom. The average Bonchev–Trinajstić information content (AvgIpc) is 3.39. The summed E-state index contributed by atoms with van der Waals surface area (Å²) in [6.07, 6.45) is 4.83. The van der Waals surface area contributed by atoms with Crippen LogP contribution >= 0.6 is 0 Å². The van der Waals surface area contributed by atoms with Gasteiger partial charge in [-0.3, -0.25) is 9.88 Å². The molecule has 218 valence electrons. The van der Waals surface area contributed by atoms with Gasteiger partial charge in [0.1, 0.15) is 12.5 Å². The molecule has 1 aromatic carbocycles. The van der Waals surface area contributed by atoms with Gasteiger partial charge in [-0.15, -0.1) is 0 Å². The van der Waals surface area contributed by atoms with Crippen molar-refractivity contribution in [3.05, 3.63) is 66.6 Å². The minimum atomic E-state index is -3.13. The Morgan fingerprint density at radius 2 is 1.78 bits per heavy atom. The number of nitrogens with zero attached hydrogens (tertiary/aromatic N) is 6. The molecule has 0 spiro atoms. The monoisotopic (exact) mass is 594 g/mol. The van der Waals surface area contributed by atoms with Gasteiger partial charge in [-0.25, -0.2) is 18.1 Å². The molecule has 0 atom stereocenters. The van der Waals surface area contributed by atoms with Crippen LogP contribution in [0.15, 0.2) is 60.9 Å². The van der Waals surface area contributed by atoms with Crippen LogP contribution in [0.25, 0.3) is 22.2 Å². The molecule has 1 aliphatic rings. The molecule has 0 aliphatic carbocycles. The largest absolute Gasteiger partial charge is 0.439 e. The van der Waals surface area contributed by atoms with Gasteiger partial charge in [-0.2, -0.15) is 9.40 Å². The molecule has 4 aromatic rings. The predicted molar refractivity (Wildman–Crippen MR) is 163 cm³/mol. The number of piperazine rings is 1. The second kappa shape index (κ2) is 12.4. The summed E-state index contributed by atoms with van der Waals surface area (Å²) in [6.45, 7) is 11.3. The zero-order valence-electron chi connectivity index (χ0n) is 24.2. The summed E-state index contributed by atoms with van der Waals surface area (Å²) in [5, 5.41) is 5.38. The van der Waals surface area contributed by atoms with E-state index in [-0.39, 0.29) is 0 Å². The van der Waals surface area contributed by atoms with Crippen LogP contribution in [-0.4, -0.2) is 84.5 Å². The fourth-order valence-electron chi connectivity index (χ4n) is 4.67. The molecule has 1 fully saturated rings. The highest BCUT2D eigenvalue weighted by Crippen LogP contribution is 2.26. The van der Waals surface area contributed by atoms with Crippen LogP contribution in [0.4, 0.5) is 0 Å². The van der Waals surface area contributed by atoms with Crippen molar-refractivity contribution in [3.8, 4) is 22.9 Å². The number of hydrogen-bond donors (Lipinski definition) is 0. The number of benzene rings is 1. The Hall–Kier alpha value is -3.16. The summed E-state index contributed by atoms with van der Waals surface area (Å²) in [4.78, 5) is 11.6. The third-order valence-electron chi connectivity index (χ3n) is 7.09. The second-order valence-corrected chi connectivity index (χ2v) is 19.3. The molecule has 10 nitrogen and oxygen atoms in total. The summed E-state index contributed by atoms with van der Waals surface area (Å²) in [7, 11) is -4.26. The highest BCUT2D eigenvalue weighted by Gasteiger charge is 2.23. The molecule has 1 saturated heterocycles. The molecule has 4 heterocycles. The first-order chi connectivity index (χ1) is 19.5. The normalized spacial score (nSPS) is 15.4. The first kappa shape index (κ1) is 29.3. The summed E-state index contributed by atoms with van der Waals surface area (Å²) in [5.74, 6) is 1.19. The maximum atomic E-state index is 11.8. The minimum Gasteiger partial charge on any atom is -0.439 e. The van der Waals surface area contributed by atoms with Crippen molar-refractivity contribution in [1.82, 2.24) is 29.0 Å². The molecular formula is C29H38N6O4SSi.